The van der Waals surface area contributed by atoms with E-state index in [1.807, 2.05) is 0 Å². The van der Waals surface area contributed by atoms with Crippen molar-refractivity contribution in [2.45, 2.75) is 26.2 Å². The number of rotatable bonds is 9. The minimum atomic E-state index is 0. The molecular weight excluding hydrogens is 266 g/mol. The van der Waals surface area contributed by atoms with Crippen molar-refractivity contribution in [1.29, 1.82) is 0 Å². The van der Waals surface area contributed by atoms with Crippen molar-refractivity contribution in [1.82, 2.24) is 15.5 Å². The van der Waals surface area contributed by atoms with Gasteiger partial charge >= 0.3 is 0 Å². The summed E-state index contributed by atoms with van der Waals surface area (Å²) in [5, 5.41) is 6.20. The molecule has 0 atom stereocenters. The zero-order valence-corrected chi connectivity index (χ0v) is 12.8. The van der Waals surface area contributed by atoms with Gasteiger partial charge in [-0.05, 0) is 6.42 Å². The van der Waals surface area contributed by atoms with Crippen molar-refractivity contribution in [2.24, 2.45) is 0 Å². The molecule has 0 spiro atoms. The highest BCUT2D eigenvalue weighted by molar-refractivity contribution is 5.85. The molecule has 19 heavy (non-hydrogen) atoms. The highest BCUT2D eigenvalue weighted by Gasteiger charge is 2.09. The van der Waals surface area contributed by atoms with Crippen LogP contribution in [0.25, 0.3) is 0 Å². The molecule has 0 aromatic rings. The minimum absolute atomic E-state index is 0. The molecule has 1 heterocycles. The zero-order chi connectivity index (χ0) is 13.1. The maximum atomic E-state index is 11.5. The second-order valence-electron chi connectivity index (χ2n) is 4.70. The van der Waals surface area contributed by atoms with Crippen LogP contribution in [0.5, 0.6) is 0 Å². The molecule has 0 bridgehead atoms. The average Bonchev–Trinajstić information content (AvgIpc) is 2.40. The van der Waals surface area contributed by atoms with E-state index >= 15 is 0 Å². The number of ether oxygens (including phenoxy) is 1. The van der Waals surface area contributed by atoms with E-state index in [2.05, 4.69) is 22.5 Å². The van der Waals surface area contributed by atoms with Crippen molar-refractivity contribution >= 4 is 18.3 Å². The fraction of sp³-hybridized carbons (Fsp3) is 0.923. The average molecular weight is 294 g/mol. The van der Waals surface area contributed by atoms with E-state index in [1.165, 1.54) is 12.8 Å². The second-order valence-corrected chi connectivity index (χ2v) is 4.70. The summed E-state index contributed by atoms with van der Waals surface area (Å²) in [6.45, 7) is 8.95. The van der Waals surface area contributed by atoms with E-state index in [9.17, 15) is 4.79 Å². The molecule has 0 aliphatic carbocycles. The Labute approximate surface area is 122 Å². The van der Waals surface area contributed by atoms with Crippen molar-refractivity contribution in [3.05, 3.63) is 0 Å². The van der Waals surface area contributed by atoms with Crippen LogP contribution in [-0.4, -0.2) is 63.3 Å². The molecule has 1 saturated heterocycles. The first-order valence-electron chi connectivity index (χ1n) is 7.10. The summed E-state index contributed by atoms with van der Waals surface area (Å²) < 4.78 is 5.30. The van der Waals surface area contributed by atoms with E-state index < -0.39 is 0 Å². The van der Waals surface area contributed by atoms with Gasteiger partial charge in [-0.25, -0.2) is 0 Å². The van der Waals surface area contributed by atoms with Gasteiger partial charge in [-0.2, -0.15) is 0 Å². The Morgan fingerprint density at radius 3 is 2.74 bits per heavy atom. The Hall–Kier alpha value is -0.360. The summed E-state index contributed by atoms with van der Waals surface area (Å²) in [6, 6.07) is 0. The van der Waals surface area contributed by atoms with Crippen LogP contribution in [0.15, 0.2) is 0 Å². The lowest BCUT2D eigenvalue weighted by atomic mass is 10.3. The van der Waals surface area contributed by atoms with Gasteiger partial charge in [-0.3, -0.25) is 9.69 Å². The lowest BCUT2D eigenvalue weighted by molar-refractivity contribution is -0.125. The molecule has 0 aromatic heterocycles. The number of piperazine rings is 1. The standard InChI is InChI=1S/C13H27N3O2.ClH/c1-2-3-4-11-18-12-13(17)15-7-10-16-8-5-14-6-9-16;/h14H,2-12H2,1H3,(H,15,17);1H. The minimum Gasteiger partial charge on any atom is -0.372 e. The summed E-state index contributed by atoms with van der Waals surface area (Å²) in [5.74, 6) is 0.00151. The summed E-state index contributed by atoms with van der Waals surface area (Å²) >= 11 is 0. The van der Waals surface area contributed by atoms with Crippen LogP contribution < -0.4 is 10.6 Å². The summed E-state index contributed by atoms with van der Waals surface area (Å²) in [4.78, 5) is 13.8. The van der Waals surface area contributed by atoms with Gasteiger partial charge in [0.05, 0.1) is 0 Å². The van der Waals surface area contributed by atoms with Crippen LogP contribution in [0.4, 0.5) is 0 Å². The van der Waals surface area contributed by atoms with E-state index in [-0.39, 0.29) is 24.9 Å². The van der Waals surface area contributed by atoms with Crippen LogP contribution in [-0.2, 0) is 9.53 Å². The lowest BCUT2D eigenvalue weighted by Gasteiger charge is -2.27. The Morgan fingerprint density at radius 1 is 1.32 bits per heavy atom. The summed E-state index contributed by atoms with van der Waals surface area (Å²) in [5.41, 5.74) is 0. The van der Waals surface area contributed by atoms with E-state index in [0.717, 1.165) is 45.7 Å². The van der Waals surface area contributed by atoms with Crippen LogP contribution in [0.3, 0.4) is 0 Å². The highest BCUT2D eigenvalue weighted by atomic mass is 35.5. The molecule has 1 aliphatic rings. The molecule has 1 fully saturated rings. The van der Waals surface area contributed by atoms with Crippen molar-refractivity contribution in [3.8, 4) is 0 Å². The van der Waals surface area contributed by atoms with E-state index in [1.54, 1.807) is 0 Å². The fourth-order valence-corrected chi connectivity index (χ4v) is 1.96. The third-order valence-electron chi connectivity index (χ3n) is 3.09. The molecule has 1 rings (SSSR count). The number of carbonyl (C=O) groups excluding carboxylic acids is 1. The topological polar surface area (TPSA) is 53.6 Å². The molecule has 6 heteroatoms. The molecule has 2 N–H and O–H groups in total. The SMILES string of the molecule is CCCCCOCC(=O)NCCN1CCNCC1.Cl. The quantitative estimate of drug-likeness (QED) is 0.613. The Bertz CT molecular complexity index is 224. The number of hydrogen-bond acceptors (Lipinski definition) is 4. The molecule has 0 aromatic carbocycles. The summed E-state index contributed by atoms with van der Waals surface area (Å²) in [7, 11) is 0. The maximum absolute atomic E-state index is 11.5. The molecule has 1 aliphatic heterocycles. The van der Waals surface area contributed by atoms with Gasteiger partial charge in [0.25, 0.3) is 0 Å². The number of nitrogens with one attached hydrogen (secondary N) is 2. The third kappa shape index (κ3) is 10.1. The first kappa shape index (κ1) is 18.6. The van der Waals surface area contributed by atoms with Gasteiger partial charge in [0.2, 0.25) is 5.91 Å². The van der Waals surface area contributed by atoms with Crippen molar-refractivity contribution in [3.63, 3.8) is 0 Å². The summed E-state index contributed by atoms with van der Waals surface area (Å²) in [6.07, 6.45) is 3.40. The Morgan fingerprint density at radius 2 is 2.05 bits per heavy atom. The normalized spacial score (nSPS) is 15.8. The molecule has 5 nitrogen and oxygen atoms in total. The smallest absolute Gasteiger partial charge is 0.246 e. The number of amides is 1. The number of nitrogens with zero attached hydrogens (tertiary/aromatic N) is 1. The predicted molar refractivity (Wildman–Crippen MR) is 79.9 cm³/mol. The molecular formula is C13H28ClN3O2. The van der Waals surface area contributed by atoms with Gasteiger partial charge in [0.1, 0.15) is 6.61 Å². The van der Waals surface area contributed by atoms with Gasteiger partial charge in [-0.1, -0.05) is 19.8 Å². The van der Waals surface area contributed by atoms with Crippen molar-refractivity contribution < 1.29 is 9.53 Å². The Kier molecular flexibility index (Phi) is 12.4. The monoisotopic (exact) mass is 293 g/mol. The van der Waals surface area contributed by atoms with Crippen LogP contribution >= 0.6 is 12.4 Å². The van der Waals surface area contributed by atoms with Crippen molar-refractivity contribution in [2.75, 3.05) is 52.5 Å². The number of unbranched alkanes of at least 4 members (excludes halogenated alkanes) is 2. The first-order chi connectivity index (χ1) is 8.83. The maximum Gasteiger partial charge on any atom is 0.246 e. The highest BCUT2D eigenvalue weighted by Crippen LogP contribution is 1.94. The third-order valence-corrected chi connectivity index (χ3v) is 3.09. The fourth-order valence-electron chi connectivity index (χ4n) is 1.96. The zero-order valence-electron chi connectivity index (χ0n) is 12.0. The Balaban J connectivity index is 0.00000324. The lowest BCUT2D eigenvalue weighted by Crippen LogP contribution is -2.46. The number of hydrogen-bond donors (Lipinski definition) is 2. The van der Waals surface area contributed by atoms with Gasteiger partial charge in [0, 0.05) is 45.9 Å². The molecule has 114 valence electrons. The number of carbonyl (C=O) groups is 1. The van der Waals surface area contributed by atoms with Gasteiger partial charge < -0.3 is 15.4 Å². The molecule has 1 amide bonds. The predicted octanol–water partition coefficient (Wildman–Crippen LogP) is 0.636. The molecule has 0 radical (unpaired) electrons. The number of halogens is 1. The van der Waals surface area contributed by atoms with Gasteiger partial charge in [0.15, 0.2) is 0 Å². The van der Waals surface area contributed by atoms with Crippen LogP contribution in [0.2, 0.25) is 0 Å². The molecule has 0 unspecified atom stereocenters. The molecule has 0 saturated carbocycles. The van der Waals surface area contributed by atoms with Crippen LogP contribution in [0, 0.1) is 0 Å². The van der Waals surface area contributed by atoms with E-state index in [0.29, 0.717) is 6.61 Å². The van der Waals surface area contributed by atoms with Crippen LogP contribution in [0.1, 0.15) is 26.2 Å². The van der Waals surface area contributed by atoms with E-state index in [4.69, 9.17) is 4.74 Å². The largest absolute Gasteiger partial charge is 0.372 e. The van der Waals surface area contributed by atoms with Gasteiger partial charge in [-0.15, -0.1) is 12.4 Å². The second kappa shape index (κ2) is 12.7. The first-order valence-corrected chi connectivity index (χ1v) is 7.10.